The van der Waals surface area contributed by atoms with E-state index in [9.17, 15) is 9.59 Å². The number of amides is 1. The molecule has 0 aliphatic rings. The minimum Gasteiger partial charge on any atom is -0.469 e. The Morgan fingerprint density at radius 2 is 1.80 bits per heavy atom. The lowest BCUT2D eigenvalue weighted by Gasteiger charge is -2.19. The lowest BCUT2D eigenvalue weighted by Crippen LogP contribution is -2.32. The molecule has 132 valence electrons. The number of carbonyl (C=O) groups excluding carboxylic acids is 2. The quantitative estimate of drug-likeness (QED) is 0.551. The molecule has 0 bridgehead atoms. The molecule has 0 radical (unpaired) electrons. The third kappa shape index (κ3) is 6.27. The third-order valence-electron chi connectivity index (χ3n) is 3.40. The van der Waals surface area contributed by atoms with Gasteiger partial charge in [-0.3, -0.25) is 9.59 Å². The van der Waals surface area contributed by atoms with Crippen molar-refractivity contribution in [2.75, 3.05) is 12.9 Å². The third-order valence-corrected chi connectivity index (χ3v) is 5.01. The van der Waals surface area contributed by atoms with Gasteiger partial charge in [-0.2, -0.15) is 0 Å². The van der Waals surface area contributed by atoms with E-state index in [2.05, 4.69) is 5.32 Å². The van der Waals surface area contributed by atoms with Crippen molar-refractivity contribution in [3.05, 3.63) is 64.1 Å². The van der Waals surface area contributed by atoms with Gasteiger partial charge in [-0.25, -0.2) is 0 Å². The summed E-state index contributed by atoms with van der Waals surface area (Å²) < 4.78 is 4.71. The molecule has 0 aromatic heterocycles. The second-order valence-corrected chi connectivity index (χ2v) is 7.06. The van der Waals surface area contributed by atoms with Gasteiger partial charge in [0.05, 0.1) is 25.3 Å². The highest BCUT2D eigenvalue weighted by molar-refractivity contribution is 8.00. The maximum Gasteiger partial charge on any atom is 0.307 e. The molecule has 0 fully saturated rings. The van der Waals surface area contributed by atoms with Gasteiger partial charge in [-0.1, -0.05) is 41.4 Å². The molecule has 2 rings (SSSR count). The molecule has 0 saturated heterocycles. The number of rotatable bonds is 7. The van der Waals surface area contributed by atoms with Gasteiger partial charge >= 0.3 is 5.97 Å². The maximum atomic E-state index is 12.3. The zero-order valence-corrected chi connectivity index (χ0v) is 15.8. The van der Waals surface area contributed by atoms with Crippen LogP contribution in [0.2, 0.25) is 10.0 Å². The van der Waals surface area contributed by atoms with Gasteiger partial charge in [0.15, 0.2) is 0 Å². The summed E-state index contributed by atoms with van der Waals surface area (Å²) in [6, 6.07) is 13.8. The van der Waals surface area contributed by atoms with Gasteiger partial charge in [-0.05, 0) is 35.9 Å². The Morgan fingerprint density at radius 1 is 1.12 bits per heavy atom. The minimum absolute atomic E-state index is 0.0115. The van der Waals surface area contributed by atoms with Gasteiger partial charge in [-0.15, -0.1) is 11.8 Å². The lowest BCUT2D eigenvalue weighted by atomic mass is 10.0. The van der Waals surface area contributed by atoms with E-state index in [1.807, 2.05) is 12.1 Å². The van der Waals surface area contributed by atoms with Gasteiger partial charge in [0.2, 0.25) is 5.91 Å². The molecule has 1 amide bonds. The summed E-state index contributed by atoms with van der Waals surface area (Å²) in [5, 5.41) is 3.98. The second kappa shape index (κ2) is 9.70. The summed E-state index contributed by atoms with van der Waals surface area (Å²) in [5.41, 5.74) is 0.680. The van der Waals surface area contributed by atoms with Crippen LogP contribution in [-0.4, -0.2) is 24.7 Å². The number of hydrogen-bond donors (Lipinski definition) is 1. The molecular weight excluding hydrogens is 381 g/mol. The zero-order chi connectivity index (χ0) is 18.2. The Morgan fingerprint density at radius 3 is 2.44 bits per heavy atom. The Kier molecular flexibility index (Phi) is 7.62. The van der Waals surface area contributed by atoms with Gasteiger partial charge in [0, 0.05) is 14.9 Å². The number of ether oxygens (including phenoxy) is 1. The molecular formula is C18H17Cl2NO3S. The normalized spacial score (nSPS) is 11.6. The van der Waals surface area contributed by atoms with Crippen molar-refractivity contribution in [3.8, 4) is 0 Å². The number of thioether (sulfide) groups is 1. The fraction of sp³-hybridized carbons (Fsp3) is 0.222. The van der Waals surface area contributed by atoms with Crippen LogP contribution in [0.3, 0.4) is 0 Å². The van der Waals surface area contributed by atoms with Crippen LogP contribution in [0.5, 0.6) is 0 Å². The molecule has 7 heteroatoms. The van der Waals surface area contributed by atoms with Crippen LogP contribution in [-0.2, 0) is 14.3 Å². The fourth-order valence-electron chi connectivity index (χ4n) is 2.16. The van der Waals surface area contributed by atoms with Crippen molar-refractivity contribution in [2.24, 2.45) is 0 Å². The lowest BCUT2D eigenvalue weighted by molar-refractivity contribution is -0.141. The van der Waals surface area contributed by atoms with Crippen molar-refractivity contribution in [2.45, 2.75) is 17.4 Å². The van der Waals surface area contributed by atoms with E-state index in [4.69, 9.17) is 27.9 Å². The predicted molar refractivity (Wildman–Crippen MR) is 101 cm³/mol. The number of hydrogen-bond acceptors (Lipinski definition) is 4. The first-order valence-electron chi connectivity index (χ1n) is 7.48. The highest BCUT2D eigenvalue weighted by atomic mass is 35.5. The Bertz CT molecular complexity index is 737. The molecule has 0 heterocycles. The van der Waals surface area contributed by atoms with Crippen molar-refractivity contribution >= 4 is 46.8 Å². The van der Waals surface area contributed by atoms with Gasteiger partial charge in [0.1, 0.15) is 0 Å². The summed E-state index contributed by atoms with van der Waals surface area (Å²) in [4.78, 5) is 24.9. The molecule has 0 saturated carbocycles. The van der Waals surface area contributed by atoms with Gasteiger partial charge < -0.3 is 10.1 Å². The molecule has 2 aromatic carbocycles. The minimum atomic E-state index is -0.542. The highest BCUT2D eigenvalue weighted by Crippen LogP contribution is 2.26. The van der Waals surface area contributed by atoms with Crippen LogP contribution in [0.4, 0.5) is 0 Å². The number of benzene rings is 2. The predicted octanol–water partition coefficient (Wildman–Crippen LogP) is 4.51. The largest absolute Gasteiger partial charge is 0.469 e. The van der Waals surface area contributed by atoms with Gasteiger partial charge in [0.25, 0.3) is 0 Å². The van der Waals surface area contributed by atoms with Crippen molar-refractivity contribution in [3.63, 3.8) is 0 Å². The molecule has 0 spiro atoms. The molecule has 1 unspecified atom stereocenters. The van der Waals surface area contributed by atoms with E-state index in [-0.39, 0.29) is 18.1 Å². The van der Waals surface area contributed by atoms with E-state index >= 15 is 0 Å². The van der Waals surface area contributed by atoms with Crippen LogP contribution in [0.1, 0.15) is 18.0 Å². The van der Waals surface area contributed by atoms with Crippen LogP contribution < -0.4 is 5.32 Å². The Labute approximate surface area is 160 Å². The first-order chi connectivity index (χ1) is 12.0. The average Bonchev–Trinajstić information content (AvgIpc) is 2.61. The number of esters is 1. The van der Waals surface area contributed by atoms with Crippen LogP contribution in [0, 0.1) is 0 Å². The molecule has 2 aromatic rings. The van der Waals surface area contributed by atoms with E-state index in [1.54, 1.807) is 36.4 Å². The summed E-state index contributed by atoms with van der Waals surface area (Å²) >= 11 is 13.4. The van der Waals surface area contributed by atoms with Crippen molar-refractivity contribution in [1.82, 2.24) is 5.32 Å². The van der Waals surface area contributed by atoms with Crippen LogP contribution in [0.25, 0.3) is 0 Å². The van der Waals surface area contributed by atoms with Crippen LogP contribution >= 0.6 is 35.0 Å². The summed E-state index contributed by atoms with van der Waals surface area (Å²) in [6.07, 6.45) is 0.0115. The first kappa shape index (κ1) is 19.6. The standard InChI is InChI=1S/C18H17Cl2NO3S/c1-24-18(23)10-16(14-4-2-3-5-15(14)20)21-17(22)11-25-13-8-6-12(19)7-9-13/h2-9,16H,10-11H2,1H3,(H,21,22). The molecule has 1 atom stereocenters. The van der Waals surface area contributed by atoms with Crippen molar-refractivity contribution < 1.29 is 14.3 Å². The molecule has 0 aliphatic heterocycles. The number of nitrogens with one attached hydrogen (secondary N) is 1. The zero-order valence-electron chi connectivity index (χ0n) is 13.5. The first-order valence-corrected chi connectivity index (χ1v) is 9.22. The SMILES string of the molecule is COC(=O)CC(NC(=O)CSc1ccc(Cl)cc1)c1ccccc1Cl. The van der Waals surface area contributed by atoms with Crippen molar-refractivity contribution in [1.29, 1.82) is 0 Å². The maximum absolute atomic E-state index is 12.3. The number of halogens is 2. The fourth-order valence-corrected chi connectivity index (χ4v) is 3.27. The number of carbonyl (C=O) groups is 2. The Hall–Kier alpha value is -1.69. The second-order valence-electron chi connectivity index (χ2n) is 5.16. The molecule has 25 heavy (non-hydrogen) atoms. The molecule has 1 N–H and O–H groups in total. The average molecular weight is 398 g/mol. The van der Waals surface area contributed by atoms with E-state index < -0.39 is 12.0 Å². The molecule has 0 aliphatic carbocycles. The monoisotopic (exact) mass is 397 g/mol. The molecule has 4 nitrogen and oxygen atoms in total. The van der Waals surface area contributed by atoms with Crippen LogP contribution in [0.15, 0.2) is 53.4 Å². The topological polar surface area (TPSA) is 55.4 Å². The summed E-state index contributed by atoms with van der Waals surface area (Å²) in [5.74, 6) is -0.409. The van der Waals surface area contributed by atoms with E-state index in [0.717, 1.165) is 4.90 Å². The van der Waals surface area contributed by atoms with E-state index in [0.29, 0.717) is 15.6 Å². The summed E-state index contributed by atoms with van der Waals surface area (Å²) in [7, 11) is 1.31. The Balaban J connectivity index is 2.02. The number of methoxy groups -OCH3 is 1. The smallest absolute Gasteiger partial charge is 0.307 e. The summed E-state index contributed by atoms with van der Waals surface area (Å²) in [6.45, 7) is 0. The van der Waals surface area contributed by atoms with E-state index in [1.165, 1.54) is 18.9 Å². The highest BCUT2D eigenvalue weighted by Gasteiger charge is 2.21.